The second-order valence-corrected chi connectivity index (χ2v) is 11.9. The number of para-hydroxylation sites is 1. The van der Waals surface area contributed by atoms with Crippen LogP contribution in [0.15, 0.2) is 99.6 Å². The highest BCUT2D eigenvalue weighted by molar-refractivity contribution is 7.94. The summed E-state index contributed by atoms with van der Waals surface area (Å²) in [5.74, 6) is -0.548. The van der Waals surface area contributed by atoms with Crippen molar-refractivity contribution in [1.29, 1.82) is 0 Å². The lowest BCUT2D eigenvalue weighted by molar-refractivity contribution is -0.115. The van der Waals surface area contributed by atoms with Gasteiger partial charge in [-0.1, -0.05) is 78.3 Å². The van der Waals surface area contributed by atoms with Gasteiger partial charge in [-0.05, 0) is 34.4 Å². The molecule has 204 valence electrons. The molecule has 2 N–H and O–H groups in total. The summed E-state index contributed by atoms with van der Waals surface area (Å²) in [6.45, 7) is 0. The van der Waals surface area contributed by atoms with E-state index in [2.05, 4.69) is 15.2 Å². The van der Waals surface area contributed by atoms with Crippen molar-refractivity contribution in [1.82, 2.24) is 10.3 Å². The van der Waals surface area contributed by atoms with E-state index in [4.69, 9.17) is 11.6 Å². The molecule has 40 heavy (non-hydrogen) atoms. The first-order valence-corrected chi connectivity index (χ1v) is 14.7. The summed E-state index contributed by atoms with van der Waals surface area (Å²) in [4.78, 5) is 23.8. The van der Waals surface area contributed by atoms with Crippen molar-refractivity contribution < 1.29 is 18.0 Å². The van der Waals surface area contributed by atoms with Crippen LogP contribution in [-0.4, -0.2) is 45.9 Å². The molecular formula is C29H25ClN4O4S2. The van der Waals surface area contributed by atoms with Gasteiger partial charge >= 0.3 is 0 Å². The number of thiophene rings is 1. The number of carbonyl (C=O) groups is 2. The Morgan fingerprint density at radius 1 is 0.875 bits per heavy atom. The SMILES string of the molecule is CN(C)C=O.O=C(N/N=C/c1c2ccccc2c(Cl)c2ccccc12)c1ccccc1NS(=O)(=O)c1cccs1. The Kier molecular flexibility index (Phi) is 9.15. The number of hydrogen-bond acceptors (Lipinski definition) is 6. The van der Waals surface area contributed by atoms with E-state index < -0.39 is 15.9 Å². The maximum absolute atomic E-state index is 12.9. The van der Waals surface area contributed by atoms with Crippen LogP contribution >= 0.6 is 22.9 Å². The topological polar surface area (TPSA) is 108 Å². The summed E-state index contributed by atoms with van der Waals surface area (Å²) in [7, 11) is -0.430. The van der Waals surface area contributed by atoms with Gasteiger partial charge in [0.1, 0.15) is 4.21 Å². The van der Waals surface area contributed by atoms with E-state index in [-0.39, 0.29) is 15.5 Å². The van der Waals surface area contributed by atoms with Crippen molar-refractivity contribution in [2.75, 3.05) is 18.8 Å². The Morgan fingerprint density at radius 2 is 1.43 bits per heavy atom. The second kappa shape index (κ2) is 12.7. The van der Waals surface area contributed by atoms with Gasteiger partial charge in [0.05, 0.1) is 22.5 Å². The van der Waals surface area contributed by atoms with Gasteiger partial charge in [-0.15, -0.1) is 11.3 Å². The molecule has 5 rings (SSSR count). The minimum absolute atomic E-state index is 0.149. The van der Waals surface area contributed by atoms with Gasteiger partial charge in [0.25, 0.3) is 15.9 Å². The van der Waals surface area contributed by atoms with Crippen molar-refractivity contribution in [3.8, 4) is 0 Å². The fraction of sp³-hybridized carbons (Fsp3) is 0.0690. The Balaban J connectivity index is 0.000000681. The molecule has 0 radical (unpaired) electrons. The van der Waals surface area contributed by atoms with Gasteiger partial charge in [0, 0.05) is 30.4 Å². The summed E-state index contributed by atoms with van der Waals surface area (Å²) in [6.07, 6.45) is 2.33. The highest BCUT2D eigenvalue weighted by atomic mass is 35.5. The number of nitrogens with one attached hydrogen (secondary N) is 2. The van der Waals surface area contributed by atoms with E-state index in [1.165, 1.54) is 23.1 Å². The van der Waals surface area contributed by atoms with Gasteiger partial charge in [0.2, 0.25) is 6.41 Å². The van der Waals surface area contributed by atoms with Crippen molar-refractivity contribution in [2.45, 2.75) is 4.21 Å². The van der Waals surface area contributed by atoms with Crippen LogP contribution in [-0.2, 0) is 14.8 Å². The number of halogens is 1. The third-order valence-electron chi connectivity index (χ3n) is 5.65. The summed E-state index contributed by atoms with van der Waals surface area (Å²) >= 11 is 7.74. The molecule has 0 aliphatic rings. The number of anilines is 1. The summed E-state index contributed by atoms with van der Waals surface area (Å²) in [5, 5.41) is 10.1. The number of nitrogens with zero attached hydrogens (tertiary/aromatic N) is 2. The molecule has 8 nitrogen and oxygen atoms in total. The average molecular weight is 593 g/mol. The molecule has 0 spiro atoms. The minimum atomic E-state index is -3.80. The third-order valence-corrected chi connectivity index (χ3v) is 8.82. The van der Waals surface area contributed by atoms with E-state index in [0.29, 0.717) is 5.02 Å². The molecule has 2 amide bonds. The number of fused-ring (bicyclic) bond motifs is 2. The van der Waals surface area contributed by atoms with Crippen LogP contribution in [0.25, 0.3) is 21.5 Å². The fourth-order valence-electron chi connectivity index (χ4n) is 3.85. The lowest BCUT2D eigenvalue weighted by Gasteiger charge is -2.11. The first-order chi connectivity index (χ1) is 19.2. The predicted octanol–water partition coefficient (Wildman–Crippen LogP) is 5.98. The van der Waals surface area contributed by atoms with Gasteiger partial charge in [-0.2, -0.15) is 5.10 Å². The molecule has 0 aliphatic heterocycles. The highest BCUT2D eigenvalue weighted by Crippen LogP contribution is 2.35. The van der Waals surface area contributed by atoms with Gasteiger partial charge in [-0.25, -0.2) is 13.8 Å². The van der Waals surface area contributed by atoms with Crippen LogP contribution in [0.3, 0.4) is 0 Å². The van der Waals surface area contributed by atoms with Crippen molar-refractivity contribution in [3.63, 3.8) is 0 Å². The molecule has 1 heterocycles. The van der Waals surface area contributed by atoms with E-state index in [1.807, 2.05) is 48.5 Å². The smallest absolute Gasteiger partial charge is 0.273 e. The molecule has 0 saturated heterocycles. The maximum atomic E-state index is 12.9. The summed E-state index contributed by atoms with van der Waals surface area (Å²) in [5.41, 5.74) is 3.64. The summed E-state index contributed by atoms with van der Waals surface area (Å²) < 4.78 is 27.9. The number of hydrazone groups is 1. The van der Waals surface area contributed by atoms with Gasteiger partial charge in [-0.3, -0.25) is 14.3 Å². The lowest BCUT2D eigenvalue weighted by atomic mass is 9.97. The predicted molar refractivity (Wildman–Crippen MR) is 163 cm³/mol. The van der Waals surface area contributed by atoms with E-state index >= 15 is 0 Å². The van der Waals surface area contributed by atoms with Crippen LogP contribution in [0, 0.1) is 0 Å². The van der Waals surface area contributed by atoms with Crippen LogP contribution in [0.2, 0.25) is 5.02 Å². The zero-order valence-corrected chi connectivity index (χ0v) is 23.9. The fourth-order valence-corrected chi connectivity index (χ4v) is 6.25. The van der Waals surface area contributed by atoms with Crippen molar-refractivity contribution >= 4 is 78.7 Å². The van der Waals surface area contributed by atoms with E-state index in [1.54, 1.807) is 43.9 Å². The highest BCUT2D eigenvalue weighted by Gasteiger charge is 2.19. The number of benzene rings is 4. The molecule has 0 saturated carbocycles. The van der Waals surface area contributed by atoms with Crippen LogP contribution in [0.1, 0.15) is 15.9 Å². The molecule has 0 aliphatic carbocycles. The van der Waals surface area contributed by atoms with E-state index in [0.717, 1.165) is 44.9 Å². The number of carbonyl (C=O) groups excluding carboxylic acids is 2. The first-order valence-electron chi connectivity index (χ1n) is 11.9. The Bertz CT molecular complexity index is 1750. The number of hydrogen-bond donors (Lipinski definition) is 2. The molecule has 5 aromatic rings. The second-order valence-electron chi connectivity index (χ2n) is 8.67. The Labute approximate surface area is 240 Å². The monoisotopic (exact) mass is 592 g/mol. The van der Waals surface area contributed by atoms with Crippen molar-refractivity contribution in [2.24, 2.45) is 5.10 Å². The number of amides is 2. The average Bonchev–Trinajstić information content (AvgIpc) is 3.52. The van der Waals surface area contributed by atoms with Crippen LogP contribution < -0.4 is 10.1 Å². The van der Waals surface area contributed by atoms with Crippen LogP contribution in [0.5, 0.6) is 0 Å². The molecule has 1 aromatic heterocycles. The van der Waals surface area contributed by atoms with Gasteiger partial charge < -0.3 is 4.90 Å². The Morgan fingerprint density at radius 3 is 1.98 bits per heavy atom. The zero-order chi connectivity index (χ0) is 28.7. The van der Waals surface area contributed by atoms with E-state index in [9.17, 15) is 18.0 Å². The summed E-state index contributed by atoms with van der Waals surface area (Å²) in [6, 6.07) is 25.0. The molecule has 4 aromatic carbocycles. The number of rotatable bonds is 7. The Hall–Kier alpha value is -4.25. The third kappa shape index (κ3) is 6.48. The zero-order valence-electron chi connectivity index (χ0n) is 21.5. The normalized spacial score (nSPS) is 11.2. The lowest BCUT2D eigenvalue weighted by Crippen LogP contribution is -2.21. The largest absolute Gasteiger partial charge is 0.351 e. The quantitative estimate of drug-likeness (QED) is 0.105. The molecule has 0 atom stereocenters. The minimum Gasteiger partial charge on any atom is -0.351 e. The van der Waals surface area contributed by atoms with Crippen LogP contribution in [0.4, 0.5) is 5.69 Å². The standard InChI is InChI=1S/C26H18ClN3O3S2.C3H7NO/c27-25-19-10-3-1-8-17(19)22(18-9-2-4-11-20(18)25)16-28-29-26(31)21-12-5-6-13-23(21)30-35(32,33)24-14-7-15-34-24;1-4(2)3-5/h1-16,30H,(H,29,31);3H,1-2H3/b28-16+;. The van der Waals surface area contributed by atoms with Crippen molar-refractivity contribution in [3.05, 3.63) is 106 Å². The molecule has 11 heteroatoms. The molecule has 0 unspecified atom stereocenters. The molecule has 0 fully saturated rings. The molecule has 0 bridgehead atoms. The maximum Gasteiger partial charge on any atom is 0.273 e. The molecular weight excluding hydrogens is 568 g/mol. The van der Waals surface area contributed by atoms with Gasteiger partial charge in [0.15, 0.2) is 0 Å². The first kappa shape index (κ1) is 28.8. The number of sulfonamides is 1.